The molecule has 9 heteroatoms. The van der Waals surface area contributed by atoms with E-state index in [1.807, 2.05) is 32.0 Å². The van der Waals surface area contributed by atoms with Crippen LogP contribution in [0.1, 0.15) is 25.0 Å². The summed E-state index contributed by atoms with van der Waals surface area (Å²) in [7, 11) is -1.49. The van der Waals surface area contributed by atoms with E-state index in [2.05, 4.69) is 20.3 Å². The van der Waals surface area contributed by atoms with E-state index in [-0.39, 0.29) is 29.7 Å². The van der Waals surface area contributed by atoms with Gasteiger partial charge in [-0.05, 0) is 32.4 Å². The molecule has 0 bridgehead atoms. The van der Waals surface area contributed by atoms with Gasteiger partial charge in [-0.1, -0.05) is 12.1 Å². The first-order valence-corrected chi connectivity index (χ1v) is 9.71. The fourth-order valence-electron chi connectivity index (χ4n) is 1.99. The van der Waals surface area contributed by atoms with Gasteiger partial charge in [0, 0.05) is 32.2 Å². The number of halogens is 1. The van der Waals surface area contributed by atoms with Crippen LogP contribution in [0.2, 0.25) is 0 Å². The summed E-state index contributed by atoms with van der Waals surface area (Å²) in [5.74, 6) is 1.54. The maximum Gasteiger partial charge on any atom is 0.211 e. The number of sulfonamides is 1. The van der Waals surface area contributed by atoms with Gasteiger partial charge < -0.3 is 15.4 Å². The fourth-order valence-corrected chi connectivity index (χ4v) is 2.60. The number of aryl methyl sites for hydroxylation is 1. The number of guanidine groups is 1. The standard InChI is InChI=1S/C16H28N4O3S.HI/c1-5-23-15-11-13(3)7-8-14(15)12-19-16(17-4)18-9-10-20-24(21,22)6-2;/h7-8,11,20H,5-6,9-10,12H2,1-4H3,(H2,17,18,19);1H. The van der Waals surface area contributed by atoms with Gasteiger partial charge in [-0.25, -0.2) is 13.1 Å². The van der Waals surface area contributed by atoms with Crippen LogP contribution in [-0.4, -0.2) is 46.9 Å². The van der Waals surface area contributed by atoms with E-state index in [4.69, 9.17) is 4.74 Å². The minimum absolute atomic E-state index is 0. The normalized spacial score (nSPS) is 11.6. The smallest absolute Gasteiger partial charge is 0.211 e. The lowest BCUT2D eigenvalue weighted by molar-refractivity contribution is 0.336. The molecule has 0 unspecified atom stereocenters. The monoisotopic (exact) mass is 484 g/mol. The van der Waals surface area contributed by atoms with Crippen LogP contribution in [0.15, 0.2) is 23.2 Å². The van der Waals surface area contributed by atoms with Crippen LogP contribution in [-0.2, 0) is 16.6 Å². The third-order valence-corrected chi connectivity index (χ3v) is 4.72. The van der Waals surface area contributed by atoms with Gasteiger partial charge in [0.2, 0.25) is 10.0 Å². The average molecular weight is 484 g/mol. The van der Waals surface area contributed by atoms with E-state index in [1.54, 1.807) is 14.0 Å². The molecule has 144 valence electrons. The Morgan fingerprint density at radius 3 is 2.52 bits per heavy atom. The van der Waals surface area contributed by atoms with E-state index in [9.17, 15) is 8.42 Å². The van der Waals surface area contributed by atoms with Gasteiger partial charge in [-0.15, -0.1) is 24.0 Å². The number of rotatable bonds is 9. The predicted molar refractivity (Wildman–Crippen MR) is 113 cm³/mol. The molecule has 0 aromatic heterocycles. The van der Waals surface area contributed by atoms with Gasteiger partial charge in [0.1, 0.15) is 5.75 Å². The van der Waals surface area contributed by atoms with Crippen LogP contribution >= 0.6 is 24.0 Å². The number of aliphatic imine (C=N–C) groups is 1. The SMILES string of the molecule is CCOc1cc(C)ccc1CNC(=NC)NCCNS(=O)(=O)CC.I. The zero-order valence-electron chi connectivity index (χ0n) is 15.3. The molecule has 0 fully saturated rings. The first kappa shape index (κ1) is 23.9. The van der Waals surface area contributed by atoms with Crippen LogP contribution in [0.3, 0.4) is 0 Å². The van der Waals surface area contributed by atoms with Gasteiger partial charge in [0.15, 0.2) is 5.96 Å². The molecular weight excluding hydrogens is 455 g/mol. The topological polar surface area (TPSA) is 91.8 Å². The number of nitrogens with one attached hydrogen (secondary N) is 3. The van der Waals surface area contributed by atoms with Crippen molar-refractivity contribution in [3.63, 3.8) is 0 Å². The average Bonchev–Trinajstić information content (AvgIpc) is 2.56. The quantitative estimate of drug-likeness (QED) is 0.215. The van der Waals surface area contributed by atoms with Gasteiger partial charge >= 0.3 is 0 Å². The van der Waals surface area contributed by atoms with Crippen molar-refractivity contribution in [2.24, 2.45) is 4.99 Å². The highest BCUT2D eigenvalue weighted by atomic mass is 127. The fraction of sp³-hybridized carbons (Fsp3) is 0.562. The molecule has 0 amide bonds. The van der Waals surface area contributed by atoms with Crippen molar-refractivity contribution >= 4 is 40.0 Å². The Kier molecular flexibility index (Phi) is 11.8. The van der Waals surface area contributed by atoms with Crippen molar-refractivity contribution in [3.8, 4) is 5.75 Å². The Hall–Kier alpha value is -1.07. The molecule has 25 heavy (non-hydrogen) atoms. The Morgan fingerprint density at radius 1 is 1.20 bits per heavy atom. The van der Waals surface area contributed by atoms with Crippen molar-refractivity contribution in [1.82, 2.24) is 15.4 Å². The predicted octanol–water partition coefficient (Wildman–Crippen LogP) is 1.62. The van der Waals surface area contributed by atoms with Crippen LogP contribution in [0.4, 0.5) is 0 Å². The van der Waals surface area contributed by atoms with Crippen molar-refractivity contribution < 1.29 is 13.2 Å². The molecule has 0 aliphatic heterocycles. The number of hydrogen-bond donors (Lipinski definition) is 3. The Labute approximate surface area is 168 Å². The molecule has 0 saturated carbocycles. The Morgan fingerprint density at radius 2 is 1.92 bits per heavy atom. The third kappa shape index (κ3) is 9.26. The number of nitrogens with zero attached hydrogens (tertiary/aromatic N) is 1. The lowest BCUT2D eigenvalue weighted by Gasteiger charge is -2.15. The summed E-state index contributed by atoms with van der Waals surface area (Å²) in [6.07, 6.45) is 0. The Bertz CT molecular complexity index is 651. The van der Waals surface area contributed by atoms with Crippen LogP contribution in [0.25, 0.3) is 0 Å². The molecule has 7 nitrogen and oxygen atoms in total. The van der Waals surface area contributed by atoms with Crippen molar-refractivity contribution in [3.05, 3.63) is 29.3 Å². The second-order valence-corrected chi connectivity index (χ2v) is 7.29. The molecule has 1 rings (SSSR count). The maximum atomic E-state index is 11.4. The summed E-state index contributed by atoms with van der Waals surface area (Å²) in [6, 6.07) is 6.07. The minimum atomic E-state index is -3.16. The molecule has 0 aliphatic rings. The molecule has 0 spiro atoms. The molecular formula is C16H29IN4O3S. The number of benzene rings is 1. The molecule has 0 atom stereocenters. The van der Waals surface area contributed by atoms with Crippen molar-refractivity contribution in [1.29, 1.82) is 0 Å². The second-order valence-electron chi connectivity index (χ2n) is 5.19. The highest BCUT2D eigenvalue weighted by molar-refractivity contribution is 14.0. The summed E-state index contributed by atoms with van der Waals surface area (Å²) >= 11 is 0. The highest BCUT2D eigenvalue weighted by Crippen LogP contribution is 2.20. The van der Waals surface area contributed by atoms with E-state index < -0.39 is 10.0 Å². The first-order chi connectivity index (χ1) is 11.4. The second kappa shape index (κ2) is 12.3. The zero-order valence-corrected chi connectivity index (χ0v) is 18.4. The highest BCUT2D eigenvalue weighted by Gasteiger charge is 2.07. The van der Waals surface area contributed by atoms with Crippen molar-refractivity contribution in [2.45, 2.75) is 27.3 Å². The maximum absolute atomic E-state index is 11.4. The Balaban J connectivity index is 0.00000576. The van der Waals surface area contributed by atoms with Crippen LogP contribution < -0.4 is 20.1 Å². The van der Waals surface area contributed by atoms with E-state index in [0.717, 1.165) is 16.9 Å². The number of hydrogen-bond acceptors (Lipinski definition) is 4. The van der Waals surface area contributed by atoms with E-state index >= 15 is 0 Å². The number of ether oxygens (including phenoxy) is 1. The van der Waals surface area contributed by atoms with E-state index in [0.29, 0.717) is 32.2 Å². The molecule has 1 aromatic rings. The lowest BCUT2D eigenvalue weighted by atomic mass is 10.1. The molecule has 0 radical (unpaired) electrons. The summed E-state index contributed by atoms with van der Waals surface area (Å²) in [5, 5.41) is 6.27. The molecule has 0 aliphatic carbocycles. The summed E-state index contributed by atoms with van der Waals surface area (Å²) in [5.41, 5.74) is 2.19. The molecule has 0 heterocycles. The van der Waals surface area contributed by atoms with Gasteiger partial charge in [0.25, 0.3) is 0 Å². The third-order valence-electron chi connectivity index (χ3n) is 3.31. The summed E-state index contributed by atoms with van der Waals surface area (Å²) < 4.78 is 30.9. The van der Waals surface area contributed by atoms with Crippen LogP contribution in [0.5, 0.6) is 5.75 Å². The largest absolute Gasteiger partial charge is 0.494 e. The summed E-state index contributed by atoms with van der Waals surface area (Å²) in [6.45, 7) is 7.52. The molecule has 0 saturated heterocycles. The van der Waals surface area contributed by atoms with Gasteiger partial charge in [0.05, 0.1) is 12.4 Å². The molecule has 3 N–H and O–H groups in total. The molecule has 1 aromatic carbocycles. The zero-order chi connectivity index (χ0) is 18.0. The van der Waals surface area contributed by atoms with Gasteiger partial charge in [-0.2, -0.15) is 0 Å². The van der Waals surface area contributed by atoms with Crippen LogP contribution in [0, 0.1) is 6.92 Å². The minimum Gasteiger partial charge on any atom is -0.494 e. The summed E-state index contributed by atoms with van der Waals surface area (Å²) in [4.78, 5) is 4.13. The van der Waals surface area contributed by atoms with Gasteiger partial charge in [-0.3, -0.25) is 4.99 Å². The van der Waals surface area contributed by atoms with Crippen molar-refractivity contribution in [2.75, 3.05) is 32.5 Å². The first-order valence-electron chi connectivity index (χ1n) is 8.06. The van der Waals surface area contributed by atoms with E-state index in [1.165, 1.54) is 0 Å². The lowest BCUT2D eigenvalue weighted by Crippen LogP contribution is -2.41.